The lowest BCUT2D eigenvalue weighted by Crippen LogP contribution is -2.07. The maximum absolute atomic E-state index is 6.47. The van der Waals surface area contributed by atoms with Crippen molar-refractivity contribution in [1.82, 2.24) is 19.5 Å². The van der Waals surface area contributed by atoms with Crippen molar-refractivity contribution in [1.29, 1.82) is 0 Å². The van der Waals surface area contributed by atoms with Crippen molar-refractivity contribution in [3.8, 4) is 39.9 Å². The van der Waals surface area contributed by atoms with Crippen molar-refractivity contribution in [2.24, 2.45) is 0 Å². The third-order valence-electron chi connectivity index (χ3n) is 12.2. The summed E-state index contributed by atoms with van der Waals surface area (Å²) in [6.07, 6.45) is 0. The predicted molar refractivity (Wildman–Crippen MR) is 248 cm³/mol. The summed E-state index contributed by atoms with van der Waals surface area (Å²) in [5.41, 5.74) is 7.74. The third-order valence-corrected chi connectivity index (χ3v) is 12.2. The number of aromatic nitrogens is 4. The second-order valence-corrected chi connectivity index (χ2v) is 15.6. The molecule has 278 valence electrons. The van der Waals surface area contributed by atoms with Gasteiger partial charge in [-0.25, -0.2) is 4.98 Å². The van der Waals surface area contributed by atoms with E-state index in [-0.39, 0.29) is 0 Å². The monoisotopic (exact) mass is 764 g/mol. The SMILES string of the molecule is c1ccc2cc(-c3nc(-c4ccc5ccccc5c4)nc(-n4c5c(-c6ccc7c(c6)oc6ccccc67)cccc5c5c6ccccc6c6ccccc6c54)n3)ccc2c1. The van der Waals surface area contributed by atoms with E-state index < -0.39 is 0 Å². The van der Waals surface area contributed by atoms with Gasteiger partial charge in [-0.3, -0.25) is 4.57 Å². The van der Waals surface area contributed by atoms with Crippen molar-refractivity contribution in [3.05, 3.63) is 194 Å². The molecule has 5 nitrogen and oxygen atoms in total. The molecule has 0 radical (unpaired) electrons. The number of hydrogen-bond donors (Lipinski definition) is 0. The zero-order valence-electron chi connectivity index (χ0n) is 32.2. The minimum absolute atomic E-state index is 0.550. The average molecular weight is 765 g/mol. The van der Waals surface area contributed by atoms with Crippen molar-refractivity contribution in [3.63, 3.8) is 0 Å². The third kappa shape index (κ3) is 4.90. The van der Waals surface area contributed by atoms with Gasteiger partial charge in [-0.15, -0.1) is 0 Å². The highest BCUT2D eigenvalue weighted by Gasteiger charge is 2.24. The number of hydrogen-bond acceptors (Lipinski definition) is 4. The Hall–Kier alpha value is -8.15. The second kappa shape index (κ2) is 12.7. The maximum Gasteiger partial charge on any atom is 0.238 e. The smallest absolute Gasteiger partial charge is 0.238 e. The molecule has 10 aromatic carbocycles. The fraction of sp³-hybridized carbons (Fsp3) is 0. The first-order chi connectivity index (χ1) is 29.7. The zero-order chi connectivity index (χ0) is 39.3. The van der Waals surface area contributed by atoms with E-state index in [9.17, 15) is 0 Å². The van der Waals surface area contributed by atoms with Gasteiger partial charge in [-0.05, 0) is 73.6 Å². The van der Waals surface area contributed by atoms with E-state index in [2.05, 4.69) is 187 Å². The summed E-state index contributed by atoms with van der Waals surface area (Å²) in [5, 5.41) is 13.7. The van der Waals surface area contributed by atoms with Crippen molar-refractivity contribution < 1.29 is 4.42 Å². The van der Waals surface area contributed by atoms with E-state index in [0.717, 1.165) is 92.9 Å². The molecule has 13 aromatic rings. The number of benzene rings is 10. The van der Waals surface area contributed by atoms with E-state index in [1.54, 1.807) is 0 Å². The number of para-hydroxylation sites is 2. The van der Waals surface area contributed by atoms with Crippen LogP contribution in [-0.4, -0.2) is 19.5 Å². The molecule has 0 amide bonds. The van der Waals surface area contributed by atoms with Crippen LogP contribution in [0.2, 0.25) is 0 Å². The standard InChI is InChI=1S/C55H32N4O/c1-3-14-35-30-38(26-24-33(35)12-1)53-56-54(39-27-25-34-13-2-4-15-36(34)31-39)58-55(57-53)59-51-40(37-28-29-44-43-18-9-10-23-48(43)60-49(44)32-37)21-11-22-47(51)50-45-19-7-5-16-41(45)42-17-6-8-20-46(42)52(50)59/h1-32H. The van der Waals surface area contributed by atoms with Gasteiger partial charge in [0.25, 0.3) is 0 Å². The number of nitrogens with zero attached hydrogens (tertiary/aromatic N) is 4. The molecule has 0 fully saturated rings. The lowest BCUT2D eigenvalue weighted by molar-refractivity contribution is 0.669. The van der Waals surface area contributed by atoms with E-state index in [4.69, 9.17) is 19.4 Å². The normalized spacial score (nSPS) is 12.0. The van der Waals surface area contributed by atoms with Crippen LogP contribution in [-0.2, 0) is 0 Å². The van der Waals surface area contributed by atoms with Crippen LogP contribution in [0, 0.1) is 0 Å². The maximum atomic E-state index is 6.47. The molecule has 0 aliphatic heterocycles. The Labute approximate surface area is 343 Å². The van der Waals surface area contributed by atoms with Gasteiger partial charge in [0.15, 0.2) is 11.6 Å². The van der Waals surface area contributed by atoms with Crippen LogP contribution in [0.5, 0.6) is 0 Å². The van der Waals surface area contributed by atoms with Gasteiger partial charge in [0.2, 0.25) is 5.95 Å². The summed E-state index contributed by atoms with van der Waals surface area (Å²) in [7, 11) is 0. The van der Waals surface area contributed by atoms with Crippen molar-refractivity contribution in [2.75, 3.05) is 0 Å². The summed E-state index contributed by atoms with van der Waals surface area (Å²) >= 11 is 0. The van der Waals surface area contributed by atoms with E-state index >= 15 is 0 Å². The molecule has 5 heteroatoms. The van der Waals surface area contributed by atoms with Gasteiger partial charge in [-0.1, -0.05) is 164 Å². The van der Waals surface area contributed by atoms with Gasteiger partial charge in [0.05, 0.1) is 11.0 Å². The number of furan rings is 1. The molecule has 0 N–H and O–H groups in total. The molecule has 0 atom stereocenters. The quantitative estimate of drug-likeness (QED) is 0.167. The molecule has 0 spiro atoms. The second-order valence-electron chi connectivity index (χ2n) is 15.6. The first-order valence-corrected chi connectivity index (χ1v) is 20.3. The Morgan fingerprint density at radius 2 is 0.867 bits per heavy atom. The topological polar surface area (TPSA) is 56.7 Å². The Bertz CT molecular complexity index is 3820. The summed E-state index contributed by atoms with van der Waals surface area (Å²) in [4.78, 5) is 16.2. The van der Waals surface area contributed by atoms with Crippen LogP contribution in [0.3, 0.4) is 0 Å². The summed E-state index contributed by atoms with van der Waals surface area (Å²) in [6.45, 7) is 0. The highest BCUT2D eigenvalue weighted by atomic mass is 16.3. The first kappa shape index (κ1) is 32.9. The number of fused-ring (bicyclic) bond motifs is 13. The first-order valence-electron chi connectivity index (χ1n) is 20.3. The molecule has 3 heterocycles. The van der Waals surface area contributed by atoms with E-state index in [1.807, 2.05) is 12.1 Å². The van der Waals surface area contributed by atoms with Crippen LogP contribution in [0.4, 0.5) is 0 Å². The number of rotatable bonds is 4. The minimum atomic E-state index is 0.550. The zero-order valence-corrected chi connectivity index (χ0v) is 32.2. The largest absolute Gasteiger partial charge is 0.456 e. The molecule has 0 bridgehead atoms. The Morgan fingerprint density at radius 1 is 0.333 bits per heavy atom. The van der Waals surface area contributed by atoms with E-state index in [1.165, 1.54) is 16.2 Å². The van der Waals surface area contributed by atoms with Crippen molar-refractivity contribution in [2.45, 2.75) is 0 Å². The van der Waals surface area contributed by atoms with Crippen LogP contribution in [0.15, 0.2) is 199 Å². The predicted octanol–water partition coefficient (Wildman–Crippen LogP) is 14.5. The molecule has 13 rings (SSSR count). The molecule has 0 saturated heterocycles. The molecule has 0 aliphatic rings. The molecular formula is C55H32N4O. The highest BCUT2D eigenvalue weighted by Crippen LogP contribution is 2.45. The molecule has 0 aliphatic carbocycles. The van der Waals surface area contributed by atoms with Gasteiger partial charge >= 0.3 is 0 Å². The fourth-order valence-corrected chi connectivity index (χ4v) is 9.43. The average Bonchev–Trinajstić information content (AvgIpc) is 3.87. The lowest BCUT2D eigenvalue weighted by atomic mass is 9.96. The van der Waals surface area contributed by atoms with Crippen molar-refractivity contribution >= 4 is 86.8 Å². The Balaban J connectivity index is 1.18. The minimum Gasteiger partial charge on any atom is -0.456 e. The van der Waals surface area contributed by atoms with Gasteiger partial charge in [0, 0.05) is 43.6 Å². The summed E-state index contributed by atoms with van der Waals surface area (Å²) in [5.74, 6) is 1.76. The fourth-order valence-electron chi connectivity index (χ4n) is 9.43. The lowest BCUT2D eigenvalue weighted by Gasteiger charge is -2.14. The Kier molecular flexibility index (Phi) is 6.95. The van der Waals surface area contributed by atoms with Crippen LogP contribution in [0.25, 0.3) is 127 Å². The molecule has 60 heavy (non-hydrogen) atoms. The van der Waals surface area contributed by atoms with Gasteiger partial charge < -0.3 is 4.42 Å². The van der Waals surface area contributed by atoms with Gasteiger partial charge in [-0.2, -0.15) is 9.97 Å². The van der Waals surface area contributed by atoms with E-state index in [0.29, 0.717) is 17.6 Å². The molecular weight excluding hydrogens is 733 g/mol. The Morgan fingerprint density at radius 3 is 1.57 bits per heavy atom. The molecule has 3 aromatic heterocycles. The van der Waals surface area contributed by atoms with Crippen LogP contribution < -0.4 is 0 Å². The summed E-state index contributed by atoms with van der Waals surface area (Å²) < 4.78 is 8.77. The highest BCUT2D eigenvalue weighted by molar-refractivity contribution is 6.33. The van der Waals surface area contributed by atoms with Crippen LogP contribution in [0.1, 0.15) is 0 Å². The molecule has 0 saturated carbocycles. The van der Waals surface area contributed by atoms with Gasteiger partial charge in [0.1, 0.15) is 11.2 Å². The van der Waals surface area contributed by atoms with Crippen LogP contribution >= 0.6 is 0 Å². The summed E-state index contributed by atoms with van der Waals surface area (Å²) in [6, 6.07) is 68.6. The molecule has 0 unspecified atom stereocenters.